The van der Waals surface area contributed by atoms with Crippen molar-refractivity contribution < 1.29 is 14.9 Å². The summed E-state index contributed by atoms with van der Waals surface area (Å²) in [6, 6.07) is 0. The maximum Gasteiger partial charge on any atom is 0.103 e. The number of aliphatic hydroxyl groups is 2. The van der Waals surface area contributed by atoms with Crippen molar-refractivity contribution in [2.24, 2.45) is 0 Å². The molecule has 0 aliphatic rings. The van der Waals surface area contributed by atoms with Crippen LogP contribution >= 0.6 is 0 Å². The highest BCUT2D eigenvalue weighted by molar-refractivity contribution is 4.42. The normalized spacial score (nSPS) is 16.5. The molecule has 0 rings (SSSR count). The zero-order valence-corrected chi connectivity index (χ0v) is 4.96. The quantitative estimate of drug-likeness (QED) is 0.432. The van der Waals surface area contributed by atoms with E-state index < -0.39 is 12.5 Å². The Bertz CT molecular complexity index is 43.3. The molecule has 0 aromatic rings. The summed E-state index contributed by atoms with van der Waals surface area (Å²) < 4.78 is 0. The number of aliphatic hydroxyl groups excluding tert-OH is 2. The van der Waals surface area contributed by atoms with Gasteiger partial charge in [0.25, 0.3) is 0 Å². The minimum absolute atomic E-state index is 0. The lowest BCUT2D eigenvalue weighted by Crippen LogP contribution is -2.33. The first-order valence-corrected chi connectivity index (χ1v) is 2.25. The molecule has 0 saturated carbocycles. The van der Waals surface area contributed by atoms with Gasteiger partial charge in [-0.3, -0.25) is 10.0 Å². The van der Waals surface area contributed by atoms with Gasteiger partial charge < -0.3 is 10.2 Å². The molecule has 2 unspecified atom stereocenters. The average Bonchev–Trinajstić information content (AvgIpc) is 1.27. The highest BCUT2D eigenvalue weighted by Gasteiger charge is 1.95. The highest BCUT2D eigenvalue weighted by atomic mass is 19.0. The van der Waals surface area contributed by atoms with Crippen molar-refractivity contribution in [3.05, 3.63) is 0 Å². The summed E-state index contributed by atoms with van der Waals surface area (Å²) in [6.45, 7) is 3.10. The Morgan fingerprint density at radius 1 is 1.12 bits per heavy atom. The molecule has 0 aliphatic carbocycles. The van der Waals surface area contributed by atoms with Crippen molar-refractivity contribution in [2.45, 2.75) is 26.3 Å². The lowest BCUT2D eigenvalue weighted by atomic mass is 10.6. The second kappa shape index (κ2) is 4.96. The van der Waals surface area contributed by atoms with Crippen molar-refractivity contribution >= 4 is 0 Å². The molecular weight excluding hydrogens is 113 g/mol. The van der Waals surface area contributed by atoms with E-state index in [0.717, 1.165) is 0 Å². The molecule has 3 N–H and O–H groups in total. The van der Waals surface area contributed by atoms with Gasteiger partial charge >= 0.3 is 0 Å². The van der Waals surface area contributed by atoms with Crippen molar-refractivity contribution in [2.75, 3.05) is 0 Å². The third-order valence-electron chi connectivity index (χ3n) is 0.482. The van der Waals surface area contributed by atoms with Crippen molar-refractivity contribution in [1.82, 2.24) is 5.32 Å². The smallest absolute Gasteiger partial charge is 0.103 e. The van der Waals surface area contributed by atoms with E-state index in [4.69, 9.17) is 10.2 Å². The zero-order chi connectivity index (χ0) is 5.86. The Hall–Kier alpha value is -0.190. The van der Waals surface area contributed by atoms with Crippen LogP contribution in [0.3, 0.4) is 0 Å². The summed E-state index contributed by atoms with van der Waals surface area (Å²) >= 11 is 0. The maximum absolute atomic E-state index is 8.45. The van der Waals surface area contributed by atoms with Gasteiger partial charge in [0.1, 0.15) is 12.5 Å². The van der Waals surface area contributed by atoms with Crippen LogP contribution in [0.25, 0.3) is 0 Å². The summed E-state index contributed by atoms with van der Waals surface area (Å²) in [5.74, 6) is 0. The molecule has 0 aromatic carbocycles. The molecule has 0 radical (unpaired) electrons. The predicted molar refractivity (Wildman–Crippen MR) is 29.0 cm³/mol. The SMILES string of the molecule is CC(O)NC(C)O.F. The highest BCUT2D eigenvalue weighted by Crippen LogP contribution is 1.74. The van der Waals surface area contributed by atoms with Crippen LogP contribution < -0.4 is 5.32 Å². The molecule has 0 fully saturated rings. The van der Waals surface area contributed by atoms with E-state index in [1.807, 2.05) is 0 Å². The fourth-order valence-electron chi connectivity index (χ4n) is 0.349. The Morgan fingerprint density at radius 2 is 1.38 bits per heavy atom. The molecule has 3 nitrogen and oxygen atoms in total. The van der Waals surface area contributed by atoms with Crippen LogP contribution in [0, 0.1) is 0 Å². The number of hydrogen-bond acceptors (Lipinski definition) is 3. The van der Waals surface area contributed by atoms with E-state index in [1.165, 1.54) is 0 Å². The van der Waals surface area contributed by atoms with Crippen LogP contribution in [-0.2, 0) is 0 Å². The van der Waals surface area contributed by atoms with Gasteiger partial charge in [-0.15, -0.1) is 0 Å². The van der Waals surface area contributed by atoms with Crippen LogP contribution in [-0.4, -0.2) is 22.7 Å². The number of hydrogen-bond donors (Lipinski definition) is 3. The minimum atomic E-state index is -0.625. The molecule has 52 valence electrons. The van der Waals surface area contributed by atoms with E-state index in [9.17, 15) is 0 Å². The maximum atomic E-state index is 8.45. The molecule has 4 heteroatoms. The predicted octanol–water partition coefficient (Wildman–Crippen LogP) is -0.595. The first-order chi connectivity index (χ1) is 3.13. The second-order valence-corrected chi connectivity index (χ2v) is 1.52. The Morgan fingerprint density at radius 3 is 1.38 bits per heavy atom. The number of halogens is 1. The third-order valence-corrected chi connectivity index (χ3v) is 0.482. The molecule has 0 saturated heterocycles. The first kappa shape index (κ1) is 10.7. The zero-order valence-electron chi connectivity index (χ0n) is 4.96. The van der Waals surface area contributed by atoms with Crippen LogP contribution in [0.15, 0.2) is 0 Å². The van der Waals surface area contributed by atoms with Gasteiger partial charge in [-0.05, 0) is 13.8 Å². The van der Waals surface area contributed by atoms with Gasteiger partial charge in [0.15, 0.2) is 0 Å². The van der Waals surface area contributed by atoms with E-state index in [2.05, 4.69) is 5.32 Å². The number of rotatable bonds is 2. The Kier molecular flexibility index (Phi) is 6.65. The van der Waals surface area contributed by atoms with E-state index in [-0.39, 0.29) is 4.70 Å². The summed E-state index contributed by atoms with van der Waals surface area (Å²) in [7, 11) is 0. The Labute approximate surface area is 47.7 Å². The van der Waals surface area contributed by atoms with Gasteiger partial charge in [0, 0.05) is 0 Å². The molecule has 0 heterocycles. The molecule has 0 amide bonds. The fourth-order valence-corrected chi connectivity index (χ4v) is 0.349. The lowest BCUT2D eigenvalue weighted by Gasteiger charge is -2.08. The van der Waals surface area contributed by atoms with E-state index in [1.54, 1.807) is 13.8 Å². The van der Waals surface area contributed by atoms with E-state index in [0.29, 0.717) is 0 Å². The summed E-state index contributed by atoms with van der Waals surface area (Å²) in [5, 5.41) is 19.3. The molecule has 8 heavy (non-hydrogen) atoms. The topological polar surface area (TPSA) is 52.5 Å². The summed E-state index contributed by atoms with van der Waals surface area (Å²) in [5.41, 5.74) is 0. The molecule has 2 atom stereocenters. The average molecular weight is 125 g/mol. The van der Waals surface area contributed by atoms with Crippen LogP contribution in [0.5, 0.6) is 0 Å². The molecule has 0 aliphatic heterocycles. The Balaban J connectivity index is 0. The van der Waals surface area contributed by atoms with Crippen molar-refractivity contribution in [3.8, 4) is 0 Å². The second-order valence-electron chi connectivity index (χ2n) is 1.52. The van der Waals surface area contributed by atoms with Gasteiger partial charge in [0.2, 0.25) is 0 Å². The van der Waals surface area contributed by atoms with Crippen LogP contribution in [0.1, 0.15) is 13.8 Å². The van der Waals surface area contributed by atoms with Gasteiger partial charge in [-0.25, -0.2) is 0 Å². The minimum Gasteiger partial charge on any atom is -0.379 e. The standard InChI is InChI=1S/C4H11NO2.FH/c1-3(6)5-4(2)7;/h3-7H,1-2H3;1H. The molecule has 0 bridgehead atoms. The van der Waals surface area contributed by atoms with Gasteiger partial charge in [-0.2, -0.15) is 0 Å². The van der Waals surface area contributed by atoms with Crippen molar-refractivity contribution in [3.63, 3.8) is 0 Å². The molecule has 0 aromatic heterocycles. The van der Waals surface area contributed by atoms with Gasteiger partial charge in [0.05, 0.1) is 0 Å². The molecular formula is C4H12FNO2. The van der Waals surface area contributed by atoms with Crippen LogP contribution in [0.2, 0.25) is 0 Å². The monoisotopic (exact) mass is 125 g/mol. The lowest BCUT2D eigenvalue weighted by molar-refractivity contribution is 0.0632. The van der Waals surface area contributed by atoms with Crippen LogP contribution in [0.4, 0.5) is 4.70 Å². The largest absolute Gasteiger partial charge is 0.379 e. The first-order valence-electron chi connectivity index (χ1n) is 2.25. The fraction of sp³-hybridized carbons (Fsp3) is 1.00. The number of nitrogens with one attached hydrogen (secondary N) is 1. The third kappa shape index (κ3) is 9.26. The summed E-state index contributed by atoms with van der Waals surface area (Å²) in [6.07, 6.45) is -1.25. The molecule has 0 spiro atoms. The van der Waals surface area contributed by atoms with Crippen molar-refractivity contribution in [1.29, 1.82) is 0 Å². The van der Waals surface area contributed by atoms with E-state index >= 15 is 0 Å². The van der Waals surface area contributed by atoms with Gasteiger partial charge in [-0.1, -0.05) is 0 Å². The summed E-state index contributed by atoms with van der Waals surface area (Å²) in [4.78, 5) is 0.